The Morgan fingerprint density at radius 1 is 0.976 bits per heavy atom. The van der Waals surface area contributed by atoms with Gasteiger partial charge in [0.1, 0.15) is 17.6 Å². The second-order valence-corrected chi connectivity index (χ2v) is 9.83. The van der Waals surface area contributed by atoms with Crippen molar-refractivity contribution < 1.29 is 28.3 Å². The smallest absolute Gasteiger partial charge is 0.338 e. The predicted molar refractivity (Wildman–Crippen MR) is 156 cm³/mol. The molecule has 0 radical (unpaired) electrons. The standard InChI is InChI=1S/C31H40N4O6/c1-4-11-35(12-5-2)30(37)23-15-22(29(33)36)16-24(17-23)31(38)41-28(27(32)18-26-10-7-13-40-26)20-34-19-21-8-6-9-25(14-21)39-3/h6-10,13-17,27-28,34H,4-5,11-12,18-20,32H2,1-3H3,(H2,33,36)/t27-,28-/m1/s1. The molecule has 220 valence electrons. The Bertz CT molecular complexity index is 1290. The van der Waals surface area contributed by atoms with Crippen molar-refractivity contribution in [3.63, 3.8) is 0 Å². The number of amides is 2. The molecular weight excluding hydrogens is 524 g/mol. The van der Waals surface area contributed by atoms with E-state index in [0.717, 1.165) is 24.2 Å². The third-order valence-corrected chi connectivity index (χ3v) is 6.54. The Morgan fingerprint density at radius 3 is 2.32 bits per heavy atom. The highest BCUT2D eigenvalue weighted by Gasteiger charge is 2.26. The topological polar surface area (TPSA) is 150 Å². The van der Waals surface area contributed by atoms with E-state index in [9.17, 15) is 14.4 Å². The van der Waals surface area contributed by atoms with Crippen LogP contribution in [0.15, 0.2) is 65.3 Å². The maximum atomic E-state index is 13.4. The molecule has 0 unspecified atom stereocenters. The molecule has 1 heterocycles. The average molecular weight is 565 g/mol. The zero-order valence-electron chi connectivity index (χ0n) is 23.9. The SMILES string of the molecule is CCCN(CCC)C(=O)c1cc(C(N)=O)cc(C(=O)O[C@H](CNCc2cccc(OC)c2)[C@H](N)Cc2ccco2)c1. The van der Waals surface area contributed by atoms with E-state index in [1.165, 1.54) is 18.2 Å². The van der Waals surface area contributed by atoms with E-state index in [0.29, 0.717) is 31.8 Å². The molecule has 0 aliphatic heterocycles. The summed E-state index contributed by atoms with van der Waals surface area (Å²) in [5.41, 5.74) is 13.3. The molecule has 2 amide bonds. The number of carbonyl (C=O) groups is 3. The van der Waals surface area contributed by atoms with Crippen molar-refractivity contribution in [3.8, 4) is 5.75 Å². The molecule has 10 nitrogen and oxygen atoms in total. The van der Waals surface area contributed by atoms with Gasteiger partial charge >= 0.3 is 5.97 Å². The Morgan fingerprint density at radius 2 is 1.68 bits per heavy atom. The minimum absolute atomic E-state index is 0.0422. The summed E-state index contributed by atoms with van der Waals surface area (Å²) < 4.78 is 16.6. The van der Waals surface area contributed by atoms with E-state index in [1.807, 2.05) is 38.1 Å². The van der Waals surface area contributed by atoms with Crippen molar-refractivity contribution in [1.82, 2.24) is 10.2 Å². The molecule has 2 aromatic carbocycles. The first kappa shape index (κ1) is 31.4. The van der Waals surface area contributed by atoms with Gasteiger partial charge in [0.15, 0.2) is 0 Å². The molecular formula is C31H40N4O6. The number of nitrogens with one attached hydrogen (secondary N) is 1. The summed E-state index contributed by atoms with van der Waals surface area (Å²) in [6.45, 7) is 5.79. The summed E-state index contributed by atoms with van der Waals surface area (Å²) in [5, 5.41) is 3.29. The largest absolute Gasteiger partial charge is 0.497 e. The summed E-state index contributed by atoms with van der Waals surface area (Å²) >= 11 is 0. The van der Waals surface area contributed by atoms with Crippen molar-refractivity contribution in [1.29, 1.82) is 0 Å². The first-order chi connectivity index (χ1) is 19.7. The number of ether oxygens (including phenoxy) is 2. The molecule has 1 aromatic heterocycles. The second-order valence-electron chi connectivity index (χ2n) is 9.83. The highest BCUT2D eigenvalue weighted by molar-refractivity contribution is 6.03. The fourth-order valence-corrected chi connectivity index (χ4v) is 4.47. The average Bonchev–Trinajstić information content (AvgIpc) is 3.49. The lowest BCUT2D eigenvalue weighted by Gasteiger charge is -2.25. The molecule has 0 fully saturated rings. The highest BCUT2D eigenvalue weighted by Crippen LogP contribution is 2.17. The van der Waals surface area contributed by atoms with Crippen LogP contribution in [0.3, 0.4) is 0 Å². The molecule has 0 saturated heterocycles. The lowest BCUT2D eigenvalue weighted by molar-refractivity contribution is 0.0234. The van der Waals surface area contributed by atoms with Crippen LogP contribution >= 0.6 is 0 Å². The Kier molecular flexibility index (Phi) is 11.9. The van der Waals surface area contributed by atoms with Crippen LogP contribution in [0, 0.1) is 0 Å². The number of rotatable bonds is 16. The van der Waals surface area contributed by atoms with Crippen molar-refractivity contribution in [2.45, 2.75) is 51.8 Å². The van der Waals surface area contributed by atoms with Gasteiger partial charge in [0.25, 0.3) is 5.91 Å². The molecule has 5 N–H and O–H groups in total. The highest BCUT2D eigenvalue weighted by atomic mass is 16.5. The number of hydrogen-bond donors (Lipinski definition) is 3. The van der Waals surface area contributed by atoms with E-state index in [1.54, 1.807) is 30.4 Å². The molecule has 3 aromatic rings. The van der Waals surface area contributed by atoms with Crippen molar-refractivity contribution in [3.05, 3.63) is 88.9 Å². The molecule has 0 bridgehead atoms. The van der Waals surface area contributed by atoms with Gasteiger partial charge in [-0.3, -0.25) is 9.59 Å². The minimum atomic E-state index is -0.758. The fourth-order valence-electron chi connectivity index (χ4n) is 4.47. The third kappa shape index (κ3) is 9.19. The number of esters is 1. The molecule has 10 heteroatoms. The zero-order chi connectivity index (χ0) is 29.8. The van der Waals surface area contributed by atoms with Crippen LogP contribution < -0.4 is 21.5 Å². The van der Waals surface area contributed by atoms with Gasteiger partial charge in [-0.1, -0.05) is 26.0 Å². The van der Waals surface area contributed by atoms with Gasteiger partial charge < -0.3 is 35.6 Å². The number of primary amides is 1. The molecule has 0 aliphatic rings. The van der Waals surface area contributed by atoms with Crippen LogP contribution in [0.5, 0.6) is 5.75 Å². The molecule has 0 aliphatic carbocycles. The number of methoxy groups -OCH3 is 1. The minimum Gasteiger partial charge on any atom is -0.497 e. The number of hydrogen-bond acceptors (Lipinski definition) is 8. The van der Waals surface area contributed by atoms with Gasteiger partial charge in [-0.05, 0) is 60.9 Å². The Labute approximate surface area is 241 Å². The second kappa shape index (κ2) is 15.6. The Hall–Kier alpha value is -4.15. The first-order valence-corrected chi connectivity index (χ1v) is 13.8. The summed E-state index contributed by atoms with van der Waals surface area (Å²) in [6.07, 6.45) is 2.67. The first-order valence-electron chi connectivity index (χ1n) is 13.8. The van der Waals surface area contributed by atoms with Crippen molar-refractivity contribution >= 4 is 17.8 Å². The van der Waals surface area contributed by atoms with Gasteiger partial charge in [-0.25, -0.2) is 4.79 Å². The lowest BCUT2D eigenvalue weighted by atomic mass is 10.0. The number of benzene rings is 2. The molecule has 2 atom stereocenters. The van der Waals surface area contributed by atoms with Crippen LogP contribution in [0.2, 0.25) is 0 Å². The van der Waals surface area contributed by atoms with E-state index in [-0.39, 0.29) is 29.1 Å². The van der Waals surface area contributed by atoms with Crippen molar-refractivity contribution in [2.75, 3.05) is 26.7 Å². The Balaban J connectivity index is 1.83. The van der Waals surface area contributed by atoms with Gasteiger partial charge in [-0.15, -0.1) is 0 Å². The number of nitrogens with two attached hydrogens (primary N) is 2. The van der Waals surface area contributed by atoms with Crippen LogP contribution in [0.25, 0.3) is 0 Å². The number of furan rings is 1. The quantitative estimate of drug-likeness (QED) is 0.224. The number of nitrogens with zero attached hydrogens (tertiary/aromatic N) is 1. The number of carbonyl (C=O) groups excluding carboxylic acids is 3. The van der Waals surface area contributed by atoms with Gasteiger partial charge in [-0.2, -0.15) is 0 Å². The van der Waals surface area contributed by atoms with E-state index >= 15 is 0 Å². The summed E-state index contributed by atoms with van der Waals surface area (Å²) in [4.78, 5) is 40.5. The monoisotopic (exact) mass is 564 g/mol. The van der Waals surface area contributed by atoms with Crippen LogP contribution in [0.1, 0.15) is 69.1 Å². The van der Waals surface area contributed by atoms with Gasteiger partial charge in [0.2, 0.25) is 5.91 Å². The summed E-state index contributed by atoms with van der Waals surface area (Å²) in [5.74, 6) is -0.364. The maximum Gasteiger partial charge on any atom is 0.338 e. The van der Waals surface area contributed by atoms with Crippen LogP contribution in [0.4, 0.5) is 0 Å². The molecule has 41 heavy (non-hydrogen) atoms. The normalized spacial score (nSPS) is 12.4. The zero-order valence-corrected chi connectivity index (χ0v) is 23.9. The summed E-state index contributed by atoms with van der Waals surface area (Å²) in [7, 11) is 1.60. The molecule has 0 saturated carbocycles. The third-order valence-electron chi connectivity index (χ3n) is 6.54. The van der Waals surface area contributed by atoms with Gasteiger partial charge in [0, 0.05) is 49.8 Å². The molecule has 0 spiro atoms. The van der Waals surface area contributed by atoms with Crippen molar-refractivity contribution in [2.24, 2.45) is 11.5 Å². The lowest BCUT2D eigenvalue weighted by Crippen LogP contribution is -2.45. The van der Waals surface area contributed by atoms with E-state index in [4.69, 9.17) is 25.4 Å². The molecule has 3 rings (SSSR count). The fraction of sp³-hybridized carbons (Fsp3) is 0.387. The maximum absolute atomic E-state index is 13.4. The summed E-state index contributed by atoms with van der Waals surface area (Å²) in [6, 6.07) is 14.8. The van der Waals surface area contributed by atoms with E-state index in [2.05, 4.69) is 5.32 Å². The van der Waals surface area contributed by atoms with Crippen LogP contribution in [-0.2, 0) is 17.7 Å². The predicted octanol–water partition coefficient (Wildman–Crippen LogP) is 3.53. The van der Waals surface area contributed by atoms with Gasteiger partial charge in [0.05, 0.1) is 18.9 Å². The van der Waals surface area contributed by atoms with E-state index < -0.39 is 24.0 Å². The van der Waals surface area contributed by atoms with Crippen LogP contribution in [-0.4, -0.2) is 61.6 Å².